The van der Waals surface area contributed by atoms with Gasteiger partial charge < -0.3 is 46.7 Å². The van der Waals surface area contributed by atoms with E-state index in [1.54, 1.807) is 7.05 Å². The van der Waals surface area contributed by atoms with Gasteiger partial charge in [-0.2, -0.15) is 16.8 Å². The molecular weight excluding hydrogens is 572 g/mol. The van der Waals surface area contributed by atoms with Gasteiger partial charge in [-0.25, -0.2) is 0 Å². The predicted octanol–water partition coefficient (Wildman–Crippen LogP) is -3.96. The lowest BCUT2D eigenvalue weighted by Crippen LogP contribution is -2.66. The molecule has 39 heavy (non-hydrogen) atoms. The van der Waals surface area contributed by atoms with Gasteiger partial charge in [0.05, 0.1) is 30.6 Å². The number of nitrogens with two attached hydrogens (primary N) is 3. The summed E-state index contributed by atoms with van der Waals surface area (Å²) in [5.41, 5.74) is 17.7. The van der Waals surface area contributed by atoms with Gasteiger partial charge in [0.25, 0.3) is 0 Å². The van der Waals surface area contributed by atoms with Crippen LogP contribution in [0.25, 0.3) is 0 Å². The topological polar surface area (TPSA) is 320 Å². The fourth-order valence-electron chi connectivity index (χ4n) is 4.05. The number of amides is 1. The molecule has 2 aliphatic rings. The maximum atomic E-state index is 12.4. The van der Waals surface area contributed by atoms with E-state index in [0.717, 1.165) is 19.2 Å². The summed E-state index contributed by atoms with van der Waals surface area (Å²) >= 11 is 0. The van der Waals surface area contributed by atoms with Crippen LogP contribution in [0.5, 0.6) is 0 Å². The maximum absolute atomic E-state index is 12.4. The first-order valence-corrected chi connectivity index (χ1v) is 14.2. The smallest absolute Gasteiger partial charge is 0.390 e. The van der Waals surface area contributed by atoms with Gasteiger partial charge in [0.2, 0.25) is 5.91 Å². The molecule has 0 aromatic carbocycles. The van der Waals surface area contributed by atoms with E-state index in [-0.39, 0.29) is 24.6 Å². The number of likely N-dealkylation sites (N-methyl/N-ethyl adjacent to an activating group) is 2. The Bertz CT molecular complexity index is 925. The lowest BCUT2D eigenvalue weighted by molar-refractivity contribution is -0.254. The Kier molecular flexibility index (Phi) is 16.6. The largest absolute Gasteiger partial charge is 0.394 e. The van der Waals surface area contributed by atoms with Crippen molar-refractivity contribution in [2.75, 3.05) is 34.3 Å². The summed E-state index contributed by atoms with van der Waals surface area (Å²) in [5, 5.41) is 14.2. The molecule has 1 aliphatic heterocycles. The van der Waals surface area contributed by atoms with Gasteiger partial charge in [0, 0.05) is 26.7 Å². The molecule has 0 aromatic heterocycles. The number of ether oxygens (including phenoxy) is 3. The third-order valence-corrected chi connectivity index (χ3v) is 5.69. The molecule has 1 amide bonds. The Morgan fingerprint density at radius 3 is 2.13 bits per heavy atom. The first kappa shape index (κ1) is 37.4. The number of nitrogens with zero attached hydrogens (tertiary/aromatic N) is 2. The molecule has 0 radical (unpaired) electrons. The molecule has 12 N–H and O–H groups in total. The molecule has 2 rings (SSSR count). The minimum absolute atomic E-state index is 0.0253. The van der Waals surface area contributed by atoms with Crippen LogP contribution in [-0.4, -0.2) is 140 Å². The van der Waals surface area contributed by atoms with E-state index in [1.807, 2.05) is 7.05 Å². The zero-order chi connectivity index (χ0) is 30.6. The summed E-state index contributed by atoms with van der Waals surface area (Å²) in [5.74, 6) is -0.299. The standard InChI is InChI=1S/C18H36N6O5.2H2O4S/c1-22-7-10-4-5-11(20)18(28-10)29-17-12(21)6-13(27-3)15(16(17)26)24(2)14(25)8-23-9-19;2*1-5(2,3)4/h9-13,15-18,22,26H,4-8,20-21H2,1-3H3,(H2,19,23);2*(H2,1,2,3,4). The number of nitrogens with one attached hydrogen (secondary N) is 1. The van der Waals surface area contributed by atoms with Gasteiger partial charge in [-0.3, -0.25) is 28.0 Å². The molecular formula is C18H40N6O13S2. The second-order valence-electron chi connectivity index (χ2n) is 8.57. The first-order valence-electron chi connectivity index (χ1n) is 11.4. The van der Waals surface area contributed by atoms with E-state index in [4.69, 9.17) is 66.5 Å². The molecule has 19 nitrogen and oxygen atoms in total. The van der Waals surface area contributed by atoms with E-state index in [2.05, 4.69) is 10.3 Å². The van der Waals surface area contributed by atoms with Crippen LogP contribution in [0, 0.1) is 0 Å². The van der Waals surface area contributed by atoms with Crippen LogP contribution in [0.3, 0.4) is 0 Å². The van der Waals surface area contributed by atoms with E-state index in [9.17, 15) is 9.90 Å². The van der Waals surface area contributed by atoms with Crippen molar-refractivity contribution in [3.05, 3.63) is 0 Å². The van der Waals surface area contributed by atoms with Crippen molar-refractivity contribution in [3.8, 4) is 0 Å². The van der Waals surface area contributed by atoms with Gasteiger partial charge in [0.1, 0.15) is 18.8 Å². The van der Waals surface area contributed by atoms with Crippen molar-refractivity contribution in [2.24, 2.45) is 22.2 Å². The van der Waals surface area contributed by atoms with Crippen LogP contribution >= 0.6 is 0 Å². The van der Waals surface area contributed by atoms with Crippen molar-refractivity contribution in [1.82, 2.24) is 10.2 Å². The lowest BCUT2D eigenvalue weighted by Gasteiger charge is -2.48. The Labute approximate surface area is 227 Å². The summed E-state index contributed by atoms with van der Waals surface area (Å²) < 4.78 is 80.7. The van der Waals surface area contributed by atoms with Crippen molar-refractivity contribution in [1.29, 1.82) is 0 Å². The highest BCUT2D eigenvalue weighted by Gasteiger charge is 2.48. The van der Waals surface area contributed by atoms with Crippen LogP contribution in [-0.2, 0) is 39.8 Å². The summed E-state index contributed by atoms with van der Waals surface area (Å²) in [6.07, 6.45) is 0.0454. The molecule has 1 saturated heterocycles. The fourth-order valence-corrected chi connectivity index (χ4v) is 4.05. The van der Waals surface area contributed by atoms with Crippen molar-refractivity contribution < 1.29 is 59.2 Å². The molecule has 1 aliphatic carbocycles. The molecule has 1 heterocycles. The normalized spacial score (nSPS) is 31.4. The number of hydrogen-bond acceptors (Lipinski definition) is 13. The summed E-state index contributed by atoms with van der Waals surface area (Å²) in [7, 11) is -4.36. The summed E-state index contributed by atoms with van der Waals surface area (Å²) in [4.78, 5) is 17.6. The molecule has 232 valence electrons. The number of rotatable bonds is 8. The average molecular weight is 613 g/mol. The highest BCUT2D eigenvalue weighted by atomic mass is 32.3. The molecule has 21 heteroatoms. The number of aliphatic hydroxyl groups excluding tert-OH is 1. The Balaban J connectivity index is 0.00000123. The molecule has 0 bridgehead atoms. The summed E-state index contributed by atoms with van der Waals surface area (Å²) in [6.45, 7) is 0.561. The highest BCUT2D eigenvalue weighted by molar-refractivity contribution is 7.80. The Hall–Kier alpha value is -1.60. The number of aliphatic imine (C=N–C) groups is 1. The van der Waals surface area contributed by atoms with Crippen LogP contribution < -0.4 is 22.5 Å². The Morgan fingerprint density at radius 1 is 1.13 bits per heavy atom. The number of methoxy groups -OCH3 is 1. The quantitative estimate of drug-likeness (QED) is 0.0717. The zero-order valence-electron chi connectivity index (χ0n) is 21.7. The Morgan fingerprint density at radius 2 is 1.67 bits per heavy atom. The number of aliphatic hydroxyl groups is 1. The van der Waals surface area contributed by atoms with Crippen LogP contribution in [0.2, 0.25) is 0 Å². The zero-order valence-corrected chi connectivity index (χ0v) is 23.3. The minimum Gasteiger partial charge on any atom is -0.390 e. The number of hydrogen-bond donors (Lipinski definition) is 9. The third kappa shape index (κ3) is 15.7. The van der Waals surface area contributed by atoms with Gasteiger partial charge in [0.15, 0.2) is 6.29 Å². The lowest BCUT2D eigenvalue weighted by atomic mass is 9.83. The minimum atomic E-state index is -4.67. The number of carbonyl (C=O) groups is 1. The summed E-state index contributed by atoms with van der Waals surface area (Å²) in [6, 6.07) is -1.48. The predicted molar refractivity (Wildman–Crippen MR) is 137 cm³/mol. The average Bonchev–Trinajstić information content (AvgIpc) is 2.79. The SMILES string of the molecule is CNCC1CCC(N)C(OC2C(N)CC(OC)C(N(C)C(=O)CN=CN)C2O)O1.O=S(=O)(O)O.O=S(=O)(O)O. The maximum Gasteiger partial charge on any atom is 0.394 e. The number of carbonyl (C=O) groups excluding carboxylic acids is 1. The molecule has 8 atom stereocenters. The monoisotopic (exact) mass is 612 g/mol. The fraction of sp³-hybridized carbons (Fsp3) is 0.889. The van der Waals surface area contributed by atoms with E-state index in [1.165, 1.54) is 12.0 Å². The van der Waals surface area contributed by atoms with Crippen molar-refractivity contribution in [3.63, 3.8) is 0 Å². The third-order valence-electron chi connectivity index (χ3n) is 5.69. The molecule has 0 aromatic rings. The molecule has 0 spiro atoms. The molecule has 1 saturated carbocycles. The van der Waals surface area contributed by atoms with E-state index >= 15 is 0 Å². The molecule has 2 fully saturated rings. The first-order chi connectivity index (χ1) is 17.8. The van der Waals surface area contributed by atoms with Gasteiger partial charge >= 0.3 is 20.8 Å². The van der Waals surface area contributed by atoms with E-state index in [0.29, 0.717) is 13.0 Å². The van der Waals surface area contributed by atoms with Gasteiger partial charge in [-0.15, -0.1) is 0 Å². The van der Waals surface area contributed by atoms with Crippen molar-refractivity contribution >= 4 is 33.0 Å². The molecule has 8 unspecified atom stereocenters. The van der Waals surface area contributed by atoms with Crippen molar-refractivity contribution in [2.45, 2.75) is 68.1 Å². The van der Waals surface area contributed by atoms with Crippen LogP contribution in [0.15, 0.2) is 4.99 Å². The van der Waals surface area contributed by atoms with Crippen LogP contribution in [0.1, 0.15) is 19.3 Å². The van der Waals surface area contributed by atoms with E-state index < -0.39 is 57.5 Å². The van der Waals surface area contributed by atoms with Crippen LogP contribution in [0.4, 0.5) is 0 Å². The van der Waals surface area contributed by atoms with Gasteiger partial charge in [-0.1, -0.05) is 0 Å². The second-order valence-corrected chi connectivity index (χ2v) is 10.4. The second kappa shape index (κ2) is 17.3. The highest BCUT2D eigenvalue weighted by Crippen LogP contribution is 2.30. The van der Waals surface area contributed by atoms with Gasteiger partial charge in [-0.05, 0) is 26.3 Å².